The number of aliphatic hydroxyl groups excluding tert-OH is 1. The van der Waals surface area contributed by atoms with Crippen molar-refractivity contribution in [2.24, 2.45) is 0 Å². The van der Waals surface area contributed by atoms with Crippen LogP contribution in [0.15, 0.2) is 24.3 Å². The Morgan fingerprint density at radius 1 is 1.42 bits per heavy atom. The lowest BCUT2D eigenvalue weighted by Gasteiger charge is -2.40. The van der Waals surface area contributed by atoms with Crippen molar-refractivity contribution in [1.29, 1.82) is 0 Å². The minimum Gasteiger partial charge on any atom is -0.388 e. The summed E-state index contributed by atoms with van der Waals surface area (Å²) in [6.07, 6.45) is -0.541. The molecule has 0 aliphatic carbocycles. The Labute approximate surface area is 141 Å². The van der Waals surface area contributed by atoms with Crippen LogP contribution in [0, 0.1) is 0 Å². The van der Waals surface area contributed by atoms with E-state index in [4.69, 9.17) is 0 Å². The van der Waals surface area contributed by atoms with Gasteiger partial charge in [0, 0.05) is 19.0 Å². The molecule has 6 heteroatoms. The average molecular weight is 331 g/mol. The number of hydrogen-bond acceptors (Lipinski definition) is 4. The molecule has 0 radical (unpaired) electrons. The molecule has 24 heavy (non-hydrogen) atoms. The van der Waals surface area contributed by atoms with E-state index in [1.165, 1.54) is 0 Å². The number of benzene rings is 1. The molecule has 2 atom stereocenters. The molecule has 2 aromatic rings. The van der Waals surface area contributed by atoms with Gasteiger partial charge >= 0.3 is 0 Å². The quantitative estimate of drug-likeness (QED) is 0.893. The molecule has 0 unspecified atom stereocenters. The zero-order chi connectivity index (χ0) is 17.5. The third kappa shape index (κ3) is 3.03. The number of fused-ring (bicyclic) bond motifs is 1. The van der Waals surface area contributed by atoms with E-state index in [2.05, 4.69) is 18.8 Å². The molecule has 1 aromatic heterocycles. The number of aromatic nitrogens is 2. The molecule has 0 saturated carbocycles. The minimum atomic E-state index is -1.12. The summed E-state index contributed by atoms with van der Waals surface area (Å²) < 4.78 is 1.96. The minimum absolute atomic E-state index is 0.0606. The number of nitrogens with zero attached hydrogens (tertiary/aromatic N) is 3. The number of carbonyl (C=O) groups is 1. The van der Waals surface area contributed by atoms with E-state index in [-0.39, 0.29) is 24.9 Å². The van der Waals surface area contributed by atoms with Crippen LogP contribution in [0.4, 0.5) is 0 Å². The number of imidazole rings is 1. The van der Waals surface area contributed by atoms with Gasteiger partial charge < -0.3 is 19.7 Å². The van der Waals surface area contributed by atoms with E-state index in [1.807, 2.05) is 28.8 Å². The van der Waals surface area contributed by atoms with Crippen LogP contribution in [0.2, 0.25) is 0 Å². The summed E-state index contributed by atoms with van der Waals surface area (Å²) in [5.41, 5.74) is 0.705. The standard InChI is InChI=1S/C18H25N3O3/c1-12(2)17-19-13-6-4-5-7-14(13)21(17)11-16(23)20-9-8-18(3,24)15(22)10-20/h4-7,12,15,22,24H,8-11H2,1-3H3/t15-,18-/m0/s1. The van der Waals surface area contributed by atoms with Gasteiger partial charge in [-0.2, -0.15) is 0 Å². The molecular formula is C18H25N3O3. The number of carbonyl (C=O) groups excluding carboxylic acids is 1. The Morgan fingerprint density at radius 2 is 2.12 bits per heavy atom. The number of aliphatic hydroxyl groups is 2. The second-order valence-corrected chi connectivity index (χ2v) is 7.16. The Kier molecular flexibility index (Phi) is 4.36. The number of β-amino-alcohol motifs (C(OH)–C–C–N with tert-alkyl or cyclic N) is 1. The summed E-state index contributed by atoms with van der Waals surface area (Å²) in [7, 11) is 0. The SMILES string of the molecule is CC(C)c1nc2ccccc2n1CC(=O)N1CC[C@](C)(O)[C@@H](O)C1. The monoisotopic (exact) mass is 331 g/mol. The van der Waals surface area contributed by atoms with Gasteiger partial charge in [-0.25, -0.2) is 4.98 Å². The second kappa shape index (κ2) is 6.18. The maximum Gasteiger partial charge on any atom is 0.242 e. The third-order valence-corrected chi connectivity index (χ3v) is 4.85. The molecule has 1 aromatic carbocycles. The number of amides is 1. The van der Waals surface area contributed by atoms with Crippen LogP contribution in [-0.4, -0.2) is 55.4 Å². The average Bonchev–Trinajstić information content (AvgIpc) is 2.89. The van der Waals surface area contributed by atoms with Crippen molar-refractivity contribution >= 4 is 16.9 Å². The zero-order valence-electron chi connectivity index (χ0n) is 14.4. The van der Waals surface area contributed by atoms with Crippen LogP contribution >= 0.6 is 0 Å². The summed E-state index contributed by atoms with van der Waals surface area (Å²) in [4.78, 5) is 19.0. The molecule has 3 rings (SSSR count). The van der Waals surface area contributed by atoms with Crippen LogP contribution in [0.25, 0.3) is 11.0 Å². The lowest BCUT2D eigenvalue weighted by Crippen LogP contribution is -2.55. The van der Waals surface area contributed by atoms with Gasteiger partial charge in [0.1, 0.15) is 12.4 Å². The highest BCUT2D eigenvalue weighted by Gasteiger charge is 2.38. The van der Waals surface area contributed by atoms with Crippen molar-refractivity contribution in [3.63, 3.8) is 0 Å². The van der Waals surface area contributed by atoms with Crippen LogP contribution in [0.5, 0.6) is 0 Å². The lowest BCUT2D eigenvalue weighted by molar-refractivity contribution is -0.146. The molecule has 130 valence electrons. The molecule has 1 aliphatic heterocycles. The van der Waals surface area contributed by atoms with Gasteiger partial charge in [-0.15, -0.1) is 0 Å². The molecule has 1 fully saturated rings. The molecular weight excluding hydrogens is 306 g/mol. The molecule has 0 bridgehead atoms. The van der Waals surface area contributed by atoms with Gasteiger partial charge in [-0.3, -0.25) is 4.79 Å². The van der Waals surface area contributed by atoms with E-state index >= 15 is 0 Å². The van der Waals surface area contributed by atoms with Crippen LogP contribution in [0.1, 0.15) is 38.9 Å². The number of para-hydroxylation sites is 2. The van der Waals surface area contributed by atoms with Crippen LogP contribution in [0.3, 0.4) is 0 Å². The Bertz CT molecular complexity index is 751. The smallest absolute Gasteiger partial charge is 0.242 e. The molecule has 6 nitrogen and oxygen atoms in total. The van der Waals surface area contributed by atoms with Crippen molar-refractivity contribution in [1.82, 2.24) is 14.5 Å². The van der Waals surface area contributed by atoms with Gasteiger partial charge in [0.15, 0.2) is 0 Å². The van der Waals surface area contributed by atoms with E-state index in [0.29, 0.717) is 13.0 Å². The first-order chi connectivity index (χ1) is 11.3. The highest BCUT2D eigenvalue weighted by molar-refractivity contribution is 5.81. The summed E-state index contributed by atoms with van der Waals surface area (Å²) in [5, 5.41) is 20.1. The third-order valence-electron chi connectivity index (χ3n) is 4.85. The lowest BCUT2D eigenvalue weighted by atomic mass is 9.91. The second-order valence-electron chi connectivity index (χ2n) is 7.16. The van der Waals surface area contributed by atoms with Crippen LogP contribution < -0.4 is 0 Å². The number of likely N-dealkylation sites (tertiary alicyclic amines) is 1. The van der Waals surface area contributed by atoms with Crippen molar-refractivity contribution < 1.29 is 15.0 Å². The molecule has 1 aliphatic rings. The van der Waals surface area contributed by atoms with Crippen LogP contribution in [-0.2, 0) is 11.3 Å². The number of piperidine rings is 1. The van der Waals surface area contributed by atoms with Gasteiger partial charge in [-0.1, -0.05) is 26.0 Å². The van der Waals surface area contributed by atoms with Gasteiger partial charge in [0.25, 0.3) is 0 Å². The summed E-state index contributed by atoms with van der Waals surface area (Å²) in [6.45, 7) is 6.54. The molecule has 1 saturated heterocycles. The van der Waals surface area contributed by atoms with Gasteiger partial charge in [0.05, 0.1) is 22.7 Å². The topological polar surface area (TPSA) is 78.6 Å². The van der Waals surface area contributed by atoms with Crippen molar-refractivity contribution in [2.45, 2.75) is 51.4 Å². The predicted molar refractivity (Wildman–Crippen MR) is 91.6 cm³/mol. The van der Waals surface area contributed by atoms with E-state index < -0.39 is 11.7 Å². The number of hydrogen-bond donors (Lipinski definition) is 2. The summed E-state index contributed by atoms with van der Waals surface area (Å²) >= 11 is 0. The molecule has 2 N–H and O–H groups in total. The fourth-order valence-electron chi connectivity index (χ4n) is 3.19. The highest BCUT2D eigenvalue weighted by Crippen LogP contribution is 2.24. The normalized spacial score (nSPS) is 24.8. The van der Waals surface area contributed by atoms with Crippen molar-refractivity contribution in [3.05, 3.63) is 30.1 Å². The maximum absolute atomic E-state index is 12.7. The molecule has 2 heterocycles. The van der Waals surface area contributed by atoms with E-state index in [0.717, 1.165) is 16.9 Å². The zero-order valence-corrected chi connectivity index (χ0v) is 14.4. The fraction of sp³-hybridized carbons (Fsp3) is 0.556. The van der Waals surface area contributed by atoms with Crippen molar-refractivity contribution in [3.8, 4) is 0 Å². The first-order valence-corrected chi connectivity index (χ1v) is 8.43. The summed E-state index contributed by atoms with van der Waals surface area (Å²) in [6, 6.07) is 7.80. The Morgan fingerprint density at radius 3 is 2.79 bits per heavy atom. The largest absolute Gasteiger partial charge is 0.388 e. The van der Waals surface area contributed by atoms with Crippen molar-refractivity contribution in [2.75, 3.05) is 13.1 Å². The molecule has 1 amide bonds. The first-order valence-electron chi connectivity index (χ1n) is 8.43. The van der Waals surface area contributed by atoms with E-state index in [1.54, 1.807) is 11.8 Å². The molecule has 0 spiro atoms. The fourth-order valence-corrected chi connectivity index (χ4v) is 3.19. The first kappa shape index (κ1) is 16.9. The van der Waals surface area contributed by atoms with Gasteiger partial charge in [0.2, 0.25) is 5.91 Å². The van der Waals surface area contributed by atoms with E-state index in [9.17, 15) is 15.0 Å². The summed E-state index contributed by atoms with van der Waals surface area (Å²) in [5.74, 6) is 1.03. The Balaban J connectivity index is 1.85. The highest BCUT2D eigenvalue weighted by atomic mass is 16.3. The number of rotatable bonds is 3. The van der Waals surface area contributed by atoms with Gasteiger partial charge in [-0.05, 0) is 25.5 Å². The maximum atomic E-state index is 12.7. The predicted octanol–water partition coefficient (Wildman–Crippen LogP) is 1.50. The Hall–Kier alpha value is -1.92.